The number of rotatable bonds is 7. The minimum absolute atomic E-state index is 0.149. The predicted octanol–water partition coefficient (Wildman–Crippen LogP) is 4.02. The molecular formula is C17H18Cl2N2O4S. The van der Waals surface area contributed by atoms with Crippen LogP contribution in [-0.4, -0.2) is 30.1 Å². The van der Waals surface area contributed by atoms with Crippen LogP contribution in [-0.2, 0) is 20.9 Å². The SMILES string of the molecule is COCc1nc(C(=O)OC(C)C(=O)NC(C)c2ccc(Cl)cc2Cl)cs1. The molecule has 2 rings (SSSR count). The maximum atomic E-state index is 12.3. The molecule has 0 radical (unpaired) electrons. The fraction of sp³-hybridized carbons (Fsp3) is 0.353. The molecule has 2 atom stereocenters. The number of carbonyl (C=O) groups is 2. The molecular weight excluding hydrogens is 399 g/mol. The zero-order chi connectivity index (χ0) is 19.3. The average molecular weight is 417 g/mol. The number of carbonyl (C=O) groups excluding carboxylic acids is 2. The highest BCUT2D eigenvalue weighted by Crippen LogP contribution is 2.26. The fourth-order valence-corrected chi connectivity index (χ4v) is 3.44. The van der Waals surface area contributed by atoms with Gasteiger partial charge in [-0.3, -0.25) is 4.79 Å². The summed E-state index contributed by atoms with van der Waals surface area (Å²) in [5.74, 6) is -1.10. The Bertz CT molecular complexity index is 797. The van der Waals surface area contributed by atoms with E-state index in [-0.39, 0.29) is 11.7 Å². The van der Waals surface area contributed by atoms with Crippen LogP contribution in [0.15, 0.2) is 23.6 Å². The van der Waals surface area contributed by atoms with Crippen molar-refractivity contribution in [1.29, 1.82) is 0 Å². The molecule has 1 aromatic carbocycles. The number of esters is 1. The van der Waals surface area contributed by atoms with E-state index in [4.69, 9.17) is 32.7 Å². The first kappa shape index (κ1) is 20.6. The van der Waals surface area contributed by atoms with Gasteiger partial charge in [-0.25, -0.2) is 9.78 Å². The molecule has 140 valence electrons. The highest BCUT2D eigenvalue weighted by Gasteiger charge is 2.23. The van der Waals surface area contributed by atoms with Crippen LogP contribution in [0.2, 0.25) is 10.0 Å². The lowest BCUT2D eigenvalue weighted by molar-refractivity contribution is -0.129. The lowest BCUT2D eigenvalue weighted by atomic mass is 10.1. The molecule has 0 spiro atoms. The number of aromatic nitrogens is 1. The molecule has 2 unspecified atom stereocenters. The number of nitrogens with one attached hydrogen (secondary N) is 1. The summed E-state index contributed by atoms with van der Waals surface area (Å²) in [6.07, 6.45) is -0.983. The smallest absolute Gasteiger partial charge is 0.358 e. The molecule has 1 heterocycles. The van der Waals surface area contributed by atoms with Gasteiger partial charge < -0.3 is 14.8 Å². The summed E-state index contributed by atoms with van der Waals surface area (Å²) < 4.78 is 10.1. The zero-order valence-corrected chi connectivity index (χ0v) is 16.7. The minimum atomic E-state index is -0.983. The summed E-state index contributed by atoms with van der Waals surface area (Å²) in [6.45, 7) is 3.58. The maximum absolute atomic E-state index is 12.3. The number of nitrogens with zero attached hydrogens (tertiary/aromatic N) is 1. The molecule has 0 saturated heterocycles. The minimum Gasteiger partial charge on any atom is -0.448 e. The van der Waals surface area contributed by atoms with E-state index in [1.54, 1.807) is 37.6 Å². The van der Waals surface area contributed by atoms with Crippen LogP contribution in [0.4, 0.5) is 0 Å². The van der Waals surface area contributed by atoms with Crippen molar-refractivity contribution in [3.8, 4) is 0 Å². The Labute approximate surface area is 165 Å². The second-order valence-electron chi connectivity index (χ2n) is 5.50. The van der Waals surface area contributed by atoms with Crippen molar-refractivity contribution < 1.29 is 19.1 Å². The van der Waals surface area contributed by atoms with Crippen molar-refractivity contribution >= 4 is 46.4 Å². The van der Waals surface area contributed by atoms with Crippen LogP contribution in [0.1, 0.15) is 40.9 Å². The van der Waals surface area contributed by atoms with Crippen LogP contribution < -0.4 is 5.32 Å². The molecule has 0 aliphatic heterocycles. The number of benzene rings is 1. The Morgan fingerprint density at radius 1 is 1.31 bits per heavy atom. The summed E-state index contributed by atoms with van der Waals surface area (Å²) in [4.78, 5) is 28.5. The summed E-state index contributed by atoms with van der Waals surface area (Å²) >= 11 is 13.3. The first-order valence-electron chi connectivity index (χ1n) is 7.71. The first-order valence-corrected chi connectivity index (χ1v) is 9.35. The van der Waals surface area contributed by atoms with Gasteiger partial charge >= 0.3 is 5.97 Å². The van der Waals surface area contributed by atoms with Crippen molar-refractivity contribution in [3.05, 3.63) is 49.9 Å². The van der Waals surface area contributed by atoms with E-state index >= 15 is 0 Å². The van der Waals surface area contributed by atoms with E-state index in [1.807, 2.05) is 0 Å². The maximum Gasteiger partial charge on any atom is 0.358 e. The summed E-state index contributed by atoms with van der Waals surface area (Å²) in [5, 5.41) is 5.94. The molecule has 26 heavy (non-hydrogen) atoms. The molecule has 1 amide bonds. The van der Waals surface area contributed by atoms with E-state index in [0.29, 0.717) is 27.2 Å². The van der Waals surface area contributed by atoms with Gasteiger partial charge in [0.25, 0.3) is 5.91 Å². The van der Waals surface area contributed by atoms with Gasteiger partial charge in [0.05, 0.1) is 12.6 Å². The Hall–Kier alpha value is -1.67. The van der Waals surface area contributed by atoms with Gasteiger partial charge in [-0.05, 0) is 31.5 Å². The first-order chi connectivity index (χ1) is 12.3. The van der Waals surface area contributed by atoms with E-state index in [9.17, 15) is 9.59 Å². The van der Waals surface area contributed by atoms with Gasteiger partial charge in [0.15, 0.2) is 11.8 Å². The number of ether oxygens (including phenoxy) is 2. The molecule has 9 heteroatoms. The normalized spacial score (nSPS) is 13.1. The molecule has 0 aliphatic rings. The number of amides is 1. The number of thiazole rings is 1. The Morgan fingerprint density at radius 2 is 2.04 bits per heavy atom. The third-order valence-electron chi connectivity index (χ3n) is 3.47. The monoisotopic (exact) mass is 416 g/mol. The van der Waals surface area contributed by atoms with Gasteiger partial charge in [0.2, 0.25) is 0 Å². The fourth-order valence-electron chi connectivity index (χ4n) is 2.13. The molecule has 2 aromatic rings. The molecule has 6 nitrogen and oxygen atoms in total. The van der Waals surface area contributed by atoms with Crippen molar-refractivity contribution in [2.45, 2.75) is 32.6 Å². The standard InChI is InChI=1S/C17H18Cl2N2O4S/c1-9(12-5-4-11(18)6-13(12)19)20-16(22)10(2)25-17(23)14-8-26-15(21-14)7-24-3/h4-6,8-10H,7H2,1-3H3,(H,20,22). The third kappa shape index (κ3) is 5.41. The van der Waals surface area contributed by atoms with Gasteiger partial charge in [0, 0.05) is 22.5 Å². The van der Waals surface area contributed by atoms with Gasteiger partial charge in [-0.15, -0.1) is 11.3 Å². The highest BCUT2D eigenvalue weighted by atomic mass is 35.5. The Kier molecular flexibility index (Phi) is 7.40. The van der Waals surface area contributed by atoms with E-state index in [0.717, 1.165) is 0 Å². The quantitative estimate of drug-likeness (QED) is 0.689. The second-order valence-corrected chi connectivity index (χ2v) is 7.29. The van der Waals surface area contributed by atoms with Crippen molar-refractivity contribution in [1.82, 2.24) is 10.3 Å². The van der Waals surface area contributed by atoms with Crippen LogP contribution in [0.3, 0.4) is 0 Å². The molecule has 1 aromatic heterocycles. The van der Waals surface area contributed by atoms with Crippen molar-refractivity contribution in [2.75, 3.05) is 7.11 Å². The Balaban J connectivity index is 1.94. The van der Waals surface area contributed by atoms with Crippen LogP contribution >= 0.6 is 34.5 Å². The van der Waals surface area contributed by atoms with Crippen molar-refractivity contribution in [2.24, 2.45) is 0 Å². The van der Waals surface area contributed by atoms with E-state index in [2.05, 4.69) is 10.3 Å². The van der Waals surface area contributed by atoms with Gasteiger partial charge in [0.1, 0.15) is 5.01 Å². The molecule has 0 aliphatic carbocycles. The Morgan fingerprint density at radius 3 is 2.69 bits per heavy atom. The number of methoxy groups -OCH3 is 1. The predicted molar refractivity (Wildman–Crippen MR) is 101 cm³/mol. The molecule has 0 bridgehead atoms. The van der Waals surface area contributed by atoms with Crippen LogP contribution in [0.25, 0.3) is 0 Å². The largest absolute Gasteiger partial charge is 0.448 e. The van der Waals surface area contributed by atoms with Crippen molar-refractivity contribution in [3.63, 3.8) is 0 Å². The summed E-state index contributed by atoms with van der Waals surface area (Å²) in [5.41, 5.74) is 0.863. The van der Waals surface area contributed by atoms with Crippen LogP contribution in [0.5, 0.6) is 0 Å². The average Bonchev–Trinajstić information content (AvgIpc) is 3.03. The third-order valence-corrected chi connectivity index (χ3v) is 4.85. The van der Waals surface area contributed by atoms with E-state index in [1.165, 1.54) is 18.3 Å². The zero-order valence-electron chi connectivity index (χ0n) is 14.4. The number of hydrogen-bond donors (Lipinski definition) is 1. The summed E-state index contributed by atoms with van der Waals surface area (Å²) in [7, 11) is 1.54. The van der Waals surface area contributed by atoms with Crippen LogP contribution in [0, 0.1) is 0 Å². The second kappa shape index (κ2) is 9.32. The highest BCUT2D eigenvalue weighted by molar-refractivity contribution is 7.09. The lowest BCUT2D eigenvalue weighted by Crippen LogP contribution is -2.37. The lowest BCUT2D eigenvalue weighted by Gasteiger charge is -2.19. The van der Waals surface area contributed by atoms with Gasteiger partial charge in [-0.1, -0.05) is 29.3 Å². The topological polar surface area (TPSA) is 77.5 Å². The number of hydrogen-bond acceptors (Lipinski definition) is 6. The number of halogens is 2. The molecule has 0 saturated carbocycles. The van der Waals surface area contributed by atoms with E-state index < -0.39 is 18.0 Å². The summed E-state index contributed by atoms with van der Waals surface area (Å²) in [6, 6.07) is 4.65. The molecule has 0 fully saturated rings. The molecule has 1 N–H and O–H groups in total. The van der Waals surface area contributed by atoms with Gasteiger partial charge in [-0.2, -0.15) is 0 Å².